The van der Waals surface area contributed by atoms with Gasteiger partial charge in [-0.2, -0.15) is 0 Å². The lowest BCUT2D eigenvalue weighted by Gasteiger charge is -2.16. The highest BCUT2D eigenvalue weighted by Crippen LogP contribution is 2.33. The molecular weight excluding hydrogens is 362 g/mol. The van der Waals surface area contributed by atoms with Crippen LogP contribution in [0, 0.1) is 13.8 Å². The third-order valence-corrected chi connectivity index (χ3v) is 5.93. The first-order valence-corrected chi connectivity index (χ1v) is 10.1. The molecule has 0 atom stereocenters. The van der Waals surface area contributed by atoms with Crippen LogP contribution < -0.4 is 10.1 Å². The fourth-order valence-electron chi connectivity index (χ4n) is 3.28. The number of thiophene rings is 1. The summed E-state index contributed by atoms with van der Waals surface area (Å²) in [5, 5.41) is 3.31. The molecule has 1 aliphatic carbocycles. The van der Waals surface area contributed by atoms with Gasteiger partial charge in [-0.1, -0.05) is 6.07 Å². The van der Waals surface area contributed by atoms with E-state index in [-0.39, 0.29) is 12.5 Å². The van der Waals surface area contributed by atoms with Gasteiger partial charge in [-0.15, -0.1) is 11.3 Å². The van der Waals surface area contributed by atoms with Crippen molar-refractivity contribution in [1.82, 2.24) is 0 Å². The van der Waals surface area contributed by atoms with Gasteiger partial charge in [0, 0.05) is 4.88 Å². The van der Waals surface area contributed by atoms with Crippen molar-refractivity contribution in [2.24, 2.45) is 0 Å². The van der Waals surface area contributed by atoms with Gasteiger partial charge in [-0.05, 0) is 75.3 Å². The maximum absolute atomic E-state index is 12.3. The summed E-state index contributed by atoms with van der Waals surface area (Å²) < 4.78 is 10.8. The number of esters is 1. The van der Waals surface area contributed by atoms with Crippen LogP contribution in [0.5, 0.6) is 5.75 Å². The Morgan fingerprint density at radius 3 is 2.63 bits per heavy atom. The van der Waals surface area contributed by atoms with E-state index < -0.39 is 5.97 Å². The Labute approximate surface area is 163 Å². The van der Waals surface area contributed by atoms with Crippen LogP contribution in [0.1, 0.15) is 51.7 Å². The molecule has 0 bridgehead atoms. The lowest BCUT2D eigenvalue weighted by molar-refractivity contribution is -0.118. The Morgan fingerprint density at radius 2 is 1.89 bits per heavy atom. The Bertz CT molecular complexity index is 856. The number of nitrogens with one attached hydrogen (secondary N) is 1. The minimum Gasteiger partial charge on any atom is -0.484 e. The van der Waals surface area contributed by atoms with Crippen molar-refractivity contribution < 1.29 is 19.1 Å². The number of ether oxygens (including phenoxy) is 2. The van der Waals surface area contributed by atoms with Crippen molar-refractivity contribution in [2.75, 3.05) is 18.5 Å². The first kappa shape index (κ1) is 19.4. The molecule has 27 heavy (non-hydrogen) atoms. The third kappa shape index (κ3) is 4.50. The zero-order chi connectivity index (χ0) is 19.4. The van der Waals surface area contributed by atoms with Crippen LogP contribution in [0.4, 0.5) is 5.00 Å². The minimum absolute atomic E-state index is 0.100. The Morgan fingerprint density at radius 1 is 1.15 bits per heavy atom. The Hall–Kier alpha value is -2.34. The van der Waals surface area contributed by atoms with Gasteiger partial charge >= 0.3 is 5.97 Å². The van der Waals surface area contributed by atoms with Crippen LogP contribution in [-0.4, -0.2) is 25.1 Å². The molecule has 144 valence electrons. The molecule has 0 aliphatic heterocycles. The van der Waals surface area contributed by atoms with E-state index in [1.54, 1.807) is 6.92 Å². The molecule has 6 heteroatoms. The first-order valence-electron chi connectivity index (χ1n) is 9.31. The molecule has 0 unspecified atom stereocenters. The molecular formula is C21H25NO4S. The summed E-state index contributed by atoms with van der Waals surface area (Å²) in [4.78, 5) is 25.5. The van der Waals surface area contributed by atoms with Crippen LogP contribution in [0.25, 0.3) is 0 Å². The standard InChI is InChI=1S/C21H25NO4S/c1-4-25-21(24)19-13(2)14(3)27-20(19)22-18(23)12-26-17-10-9-15-7-5-6-8-16(15)11-17/h9-11H,4-8,12H2,1-3H3,(H,22,23). The number of carbonyl (C=O) groups excluding carboxylic acids is 2. The molecule has 1 N–H and O–H groups in total. The van der Waals surface area contributed by atoms with E-state index in [0.717, 1.165) is 23.3 Å². The molecule has 0 saturated carbocycles. The van der Waals surface area contributed by atoms with E-state index in [2.05, 4.69) is 11.4 Å². The zero-order valence-electron chi connectivity index (χ0n) is 16.0. The zero-order valence-corrected chi connectivity index (χ0v) is 16.8. The third-order valence-electron chi connectivity index (χ3n) is 4.81. The van der Waals surface area contributed by atoms with Gasteiger partial charge in [0.15, 0.2) is 6.61 Å². The summed E-state index contributed by atoms with van der Waals surface area (Å²) in [5.74, 6) is -0.000248. The topological polar surface area (TPSA) is 64.6 Å². The summed E-state index contributed by atoms with van der Waals surface area (Å²) in [5.41, 5.74) is 3.96. The van der Waals surface area contributed by atoms with Crippen molar-refractivity contribution in [3.8, 4) is 5.75 Å². The van der Waals surface area contributed by atoms with Gasteiger partial charge in [0.25, 0.3) is 5.91 Å². The second-order valence-corrected chi connectivity index (χ2v) is 7.91. The number of anilines is 1. The van der Waals surface area contributed by atoms with Crippen molar-refractivity contribution in [3.05, 3.63) is 45.3 Å². The van der Waals surface area contributed by atoms with Gasteiger partial charge in [-0.25, -0.2) is 4.79 Å². The van der Waals surface area contributed by atoms with Crippen LogP contribution in [-0.2, 0) is 22.4 Å². The summed E-state index contributed by atoms with van der Waals surface area (Å²) in [6, 6.07) is 6.04. The molecule has 0 spiro atoms. The predicted octanol–water partition coefficient (Wildman–Crippen LogP) is 4.44. The predicted molar refractivity (Wildman–Crippen MR) is 107 cm³/mol. The second kappa shape index (κ2) is 8.57. The maximum atomic E-state index is 12.3. The number of benzene rings is 1. The van der Waals surface area contributed by atoms with Crippen molar-refractivity contribution in [2.45, 2.75) is 46.5 Å². The Kier molecular flexibility index (Phi) is 6.16. The number of hydrogen-bond donors (Lipinski definition) is 1. The van der Waals surface area contributed by atoms with E-state index in [4.69, 9.17) is 9.47 Å². The van der Waals surface area contributed by atoms with Crippen LogP contribution >= 0.6 is 11.3 Å². The smallest absolute Gasteiger partial charge is 0.341 e. The van der Waals surface area contributed by atoms with Crippen LogP contribution in [0.2, 0.25) is 0 Å². The highest BCUT2D eigenvalue weighted by Gasteiger charge is 2.22. The van der Waals surface area contributed by atoms with E-state index in [0.29, 0.717) is 22.9 Å². The number of fused-ring (bicyclic) bond motifs is 1. The number of amides is 1. The normalized spacial score (nSPS) is 13.0. The highest BCUT2D eigenvalue weighted by molar-refractivity contribution is 7.16. The number of carbonyl (C=O) groups is 2. The maximum Gasteiger partial charge on any atom is 0.341 e. The van der Waals surface area contributed by atoms with Gasteiger partial charge < -0.3 is 14.8 Å². The van der Waals surface area contributed by atoms with Crippen molar-refractivity contribution in [1.29, 1.82) is 0 Å². The SMILES string of the molecule is CCOC(=O)c1c(NC(=O)COc2ccc3c(c2)CCCC3)sc(C)c1C. The van der Waals surface area contributed by atoms with Gasteiger partial charge in [0.05, 0.1) is 12.2 Å². The molecule has 0 fully saturated rings. The lowest BCUT2D eigenvalue weighted by atomic mass is 9.92. The van der Waals surface area contributed by atoms with Crippen LogP contribution in [0.15, 0.2) is 18.2 Å². The molecule has 1 aromatic heterocycles. The molecule has 1 amide bonds. The van der Waals surface area contributed by atoms with Crippen molar-refractivity contribution >= 4 is 28.2 Å². The Balaban J connectivity index is 1.64. The van der Waals surface area contributed by atoms with Gasteiger partial charge in [0.2, 0.25) is 0 Å². The molecule has 0 saturated heterocycles. The molecule has 1 heterocycles. The minimum atomic E-state index is -0.412. The highest BCUT2D eigenvalue weighted by atomic mass is 32.1. The van der Waals surface area contributed by atoms with E-state index in [1.807, 2.05) is 26.0 Å². The molecule has 2 aromatic rings. The molecule has 5 nitrogen and oxygen atoms in total. The summed E-state index contributed by atoms with van der Waals surface area (Å²) in [7, 11) is 0. The average molecular weight is 388 g/mol. The molecule has 1 aliphatic rings. The summed E-state index contributed by atoms with van der Waals surface area (Å²) in [6.45, 7) is 5.73. The number of hydrogen-bond acceptors (Lipinski definition) is 5. The summed E-state index contributed by atoms with van der Waals surface area (Å²) in [6.07, 6.45) is 4.61. The number of rotatable bonds is 6. The molecule has 0 radical (unpaired) electrons. The van der Waals surface area contributed by atoms with Crippen LogP contribution in [0.3, 0.4) is 0 Å². The van der Waals surface area contributed by atoms with Gasteiger partial charge in [0.1, 0.15) is 10.8 Å². The van der Waals surface area contributed by atoms with Gasteiger partial charge in [-0.3, -0.25) is 4.79 Å². The fraction of sp³-hybridized carbons (Fsp3) is 0.429. The van der Waals surface area contributed by atoms with Crippen molar-refractivity contribution in [3.63, 3.8) is 0 Å². The quantitative estimate of drug-likeness (QED) is 0.745. The molecule has 3 rings (SSSR count). The second-order valence-electron chi connectivity index (χ2n) is 6.68. The number of aryl methyl sites for hydroxylation is 3. The average Bonchev–Trinajstić information content (AvgIpc) is 2.93. The monoisotopic (exact) mass is 387 g/mol. The largest absolute Gasteiger partial charge is 0.484 e. The van der Waals surface area contributed by atoms with E-state index >= 15 is 0 Å². The van der Waals surface area contributed by atoms with E-state index in [1.165, 1.54) is 35.3 Å². The lowest BCUT2D eigenvalue weighted by Crippen LogP contribution is -2.21. The fourth-order valence-corrected chi connectivity index (χ4v) is 4.34. The summed E-state index contributed by atoms with van der Waals surface area (Å²) >= 11 is 1.38. The molecule has 1 aromatic carbocycles. The first-order chi connectivity index (χ1) is 13.0. The van der Waals surface area contributed by atoms with E-state index in [9.17, 15) is 9.59 Å².